The fourth-order valence-electron chi connectivity index (χ4n) is 5.20. The first-order chi connectivity index (χ1) is 14.7. The smallest absolute Gasteiger partial charge is 0.307 e. The number of halogens is 1. The Morgan fingerprint density at radius 2 is 1.94 bits per heavy atom. The van der Waals surface area contributed by atoms with Crippen LogP contribution in [0, 0.1) is 5.82 Å². The van der Waals surface area contributed by atoms with Crippen LogP contribution in [0.3, 0.4) is 0 Å². The molecule has 0 radical (unpaired) electrons. The minimum absolute atomic E-state index is 0.242. The lowest BCUT2D eigenvalue weighted by molar-refractivity contribution is 0.227. The van der Waals surface area contributed by atoms with Crippen LogP contribution in [0.5, 0.6) is 0 Å². The van der Waals surface area contributed by atoms with E-state index < -0.39 is 24.9 Å². The van der Waals surface area contributed by atoms with Gasteiger partial charge in [-0.2, -0.15) is 23.8 Å². The van der Waals surface area contributed by atoms with Crippen LogP contribution < -0.4 is 14.9 Å². The number of hydrogen-bond acceptors (Lipinski definition) is 6. The first-order valence-electron chi connectivity index (χ1n) is 10.3. The first-order valence-corrected chi connectivity index (χ1v) is 11.8. The molecule has 6 rings (SSSR count). The second-order valence-corrected chi connectivity index (χ2v) is 11.4. The van der Waals surface area contributed by atoms with Crippen LogP contribution in [0.2, 0.25) is 0 Å². The molecule has 1 aliphatic heterocycles. The quantitative estimate of drug-likeness (QED) is 0.420. The highest BCUT2D eigenvalue weighted by atomic mass is 32.2. The van der Waals surface area contributed by atoms with Crippen molar-refractivity contribution in [3.05, 3.63) is 48.0 Å². The van der Waals surface area contributed by atoms with Crippen LogP contribution in [-0.2, 0) is 15.8 Å². The molecule has 160 valence electrons. The van der Waals surface area contributed by atoms with Crippen molar-refractivity contribution in [2.45, 2.75) is 43.8 Å². The number of nitrogens with one attached hydrogen (secondary N) is 2. The Morgan fingerprint density at radius 1 is 1.19 bits per heavy atom. The third-order valence-electron chi connectivity index (χ3n) is 6.77. The van der Waals surface area contributed by atoms with Crippen LogP contribution in [0.15, 0.2) is 36.5 Å². The Bertz CT molecular complexity index is 1450. The van der Waals surface area contributed by atoms with Crippen LogP contribution in [0.1, 0.15) is 32.4 Å². The summed E-state index contributed by atoms with van der Waals surface area (Å²) in [4.78, 5) is 0. The van der Waals surface area contributed by atoms with Crippen molar-refractivity contribution in [1.29, 1.82) is 0 Å². The van der Waals surface area contributed by atoms with E-state index in [0.717, 1.165) is 10.8 Å². The van der Waals surface area contributed by atoms with Crippen molar-refractivity contribution < 1.29 is 12.8 Å². The normalized spacial score (nSPS) is 26.1. The average molecular weight is 442 g/mol. The number of nitrogens with zero attached hydrogens (tertiary/aromatic N) is 3. The second kappa shape index (κ2) is 5.70. The maximum absolute atomic E-state index is 14.6. The van der Waals surface area contributed by atoms with Gasteiger partial charge in [0, 0.05) is 29.7 Å². The molecule has 2 unspecified atom stereocenters. The Balaban J connectivity index is 1.81. The van der Waals surface area contributed by atoms with Crippen molar-refractivity contribution in [3.63, 3.8) is 0 Å². The molecule has 2 heterocycles. The lowest BCUT2D eigenvalue weighted by Crippen LogP contribution is -2.73. The van der Waals surface area contributed by atoms with E-state index in [0.29, 0.717) is 40.7 Å². The molecule has 3 aromatic carbocycles. The maximum Gasteiger partial charge on any atom is 0.307 e. The molecule has 0 saturated heterocycles. The van der Waals surface area contributed by atoms with Crippen LogP contribution in [0.25, 0.3) is 21.5 Å². The molecule has 1 aromatic heterocycles. The summed E-state index contributed by atoms with van der Waals surface area (Å²) in [5, 5.41) is 16.0. The Kier molecular flexibility index (Phi) is 3.48. The monoisotopic (exact) mass is 441 g/mol. The lowest BCUT2D eigenvalue weighted by atomic mass is 9.98. The number of aromatic nitrogens is 3. The van der Waals surface area contributed by atoms with E-state index in [-0.39, 0.29) is 11.9 Å². The van der Waals surface area contributed by atoms with Gasteiger partial charge in [0.2, 0.25) is 0 Å². The first kappa shape index (κ1) is 18.9. The number of sulfonamides is 1. The molecular formula is C21H22FN6O2S+. The van der Waals surface area contributed by atoms with Gasteiger partial charge in [0.25, 0.3) is 5.79 Å². The molecule has 4 N–H and O–H groups in total. The van der Waals surface area contributed by atoms with Gasteiger partial charge in [0.05, 0.1) is 6.20 Å². The number of nitrogens with two attached hydrogens (primary N) is 1. The van der Waals surface area contributed by atoms with Crippen LogP contribution in [-0.4, -0.2) is 35.1 Å². The summed E-state index contributed by atoms with van der Waals surface area (Å²) in [6.45, 7) is 3.33. The molecule has 31 heavy (non-hydrogen) atoms. The van der Waals surface area contributed by atoms with E-state index in [2.05, 4.69) is 20.7 Å². The van der Waals surface area contributed by atoms with E-state index in [1.54, 1.807) is 32.0 Å². The van der Waals surface area contributed by atoms with Crippen molar-refractivity contribution in [2.75, 3.05) is 5.32 Å². The Labute approximate surface area is 178 Å². The van der Waals surface area contributed by atoms with Crippen LogP contribution in [0.4, 0.5) is 15.8 Å². The summed E-state index contributed by atoms with van der Waals surface area (Å²) >= 11 is 0. The number of aromatic amines is 1. The number of H-pyrrole nitrogens is 1. The third kappa shape index (κ3) is 2.07. The molecule has 0 amide bonds. The number of fused-ring (bicyclic) bond motifs is 8. The summed E-state index contributed by atoms with van der Waals surface area (Å²) in [6.07, 6.45) is 2.89. The van der Waals surface area contributed by atoms with Crippen molar-refractivity contribution in [1.82, 2.24) is 19.3 Å². The SMILES string of the molecule is CC(C)S(=O)(=O)[N+]1(C2CC2)c2cc3cc(c2NC1(N)c1cn[nH]n1)c1ccc(F)c3c1. The minimum Gasteiger partial charge on any atom is -0.308 e. The van der Waals surface area contributed by atoms with Gasteiger partial charge in [-0.3, -0.25) is 5.73 Å². The molecule has 2 atom stereocenters. The third-order valence-corrected chi connectivity index (χ3v) is 9.54. The van der Waals surface area contributed by atoms with Gasteiger partial charge < -0.3 is 5.32 Å². The number of benzene rings is 3. The summed E-state index contributed by atoms with van der Waals surface area (Å²) < 4.78 is 42.3. The van der Waals surface area contributed by atoms with Gasteiger partial charge in [0.15, 0.2) is 11.4 Å². The fraction of sp³-hybridized carbons (Fsp3) is 0.333. The van der Waals surface area contributed by atoms with Crippen molar-refractivity contribution >= 4 is 42.9 Å². The van der Waals surface area contributed by atoms with Crippen molar-refractivity contribution in [3.8, 4) is 0 Å². The van der Waals surface area contributed by atoms with E-state index in [1.165, 1.54) is 12.3 Å². The number of anilines is 1. The van der Waals surface area contributed by atoms with E-state index >= 15 is 0 Å². The van der Waals surface area contributed by atoms with Gasteiger partial charge in [-0.25, -0.2) is 4.39 Å². The highest BCUT2D eigenvalue weighted by Gasteiger charge is 2.73. The Hall–Kier alpha value is -2.82. The predicted octanol–water partition coefficient (Wildman–Crippen LogP) is 3.09. The summed E-state index contributed by atoms with van der Waals surface area (Å²) in [7, 11) is -3.86. The molecule has 4 aromatic rings. The predicted molar refractivity (Wildman–Crippen MR) is 117 cm³/mol. The molecule has 1 saturated carbocycles. The summed E-state index contributed by atoms with van der Waals surface area (Å²) in [6, 6.07) is 8.35. The van der Waals surface area contributed by atoms with Crippen LogP contribution >= 0.6 is 0 Å². The zero-order chi connectivity index (χ0) is 21.8. The maximum atomic E-state index is 14.6. The molecule has 10 heteroatoms. The largest absolute Gasteiger partial charge is 0.308 e. The highest BCUT2D eigenvalue weighted by molar-refractivity contribution is 7.91. The van der Waals surface area contributed by atoms with Gasteiger partial charge in [0.1, 0.15) is 22.8 Å². The molecule has 1 aliphatic carbocycles. The summed E-state index contributed by atoms with van der Waals surface area (Å²) in [5.41, 5.74) is 8.51. The van der Waals surface area contributed by atoms with Gasteiger partial charge in [-0.05, 0) is 42.8 Å². The highest BCUT2D eigenvalue weighted by Crippen LogP contribution is 2.59. The zero-order valence-corrected chi connectivity index (χ0v) is 17.9. The molecule has 2 aliphatic rings. The lowest BCUT2D eigenvalue weighted by Gasteiger charge is -2.43. The molecule has 4 bridgehead atoms. The minimum atomic E-state index is -3.86. The van der Waals surface area contributed by atoms with Gasteiger partial charge in [-0.1, -0.05) is 6.07 Å². The average Bonchev–Trinajstić information content (AvgIpc) is 3.32. The van der Waals surface area contributed by atoms with E-state index in [1.807, 2.05) is 6.07 Å². The fourth-order valence-corrected chi connectivity index (χ4v) is 7.45. The standard InChI is InChI=1S/C21H22FN6O2S/c1-11(2)31(29,30)28(14-4-5-14)18-9-13-8-16(12-3-6-17(22)15(13)7-12)20(18)25-21(28,23)19-10-24-27-26-19/h3,6-11,14,25H,4-5,23H2,1-2H3,(H,24,26,27)/q+1. The molecule has 1 fully saturated rings. The second-order valence-electron chi connectivity index (χ2n) is 8.81. The number of hydrogen-bond donors (Lipinski definition) is 3. The molecule has 0 spiro atoms. The molecule has 8 nitrogen and oxygen atoms in total. The van der Waals surface area contributed by atoms with E-state index in [9.17, 15) is 12.8 Å². The topological polar surface area (TPSA) is 114 Å². The Morgan fingerprint density at radius 3 is 2.58 bits per heavy atom. The zero-order valence-electron chi connectivity index (χ0n) is 17.1. The van der Waals surface area contributed by atoms with Crippen molar-refractivity contribution in [2.24, 2.45) is 5.73 Å². The summed E-state index contributed by atoms with van der Waals surface area (Å²) in [5.74, 6) is -1.92. The van der Waals surface area contributed by atoms with Gasteiger partial charge in [-0.15, -0.1) is 3.89 Å². The van der Waals surface area contributed by atoms with E-state index in [4.69, 9.17) is 5.73 Å². The number of quaternary nitrogens is 1. The van der Waals surface area contributed by atoms with Gasteiger partial charge >= 0.3 is 10.0 Å². The molecular weight excluding hydrogens is 419 g/mol. The number of rotatable bonds is 4.